The fraction of sp³-hybridized carbons (Fsp3) is 0.286. The van der Waals surface area contributed by atoms with E-state index in [0.29, 0.717) is 0 Å². The van der Waals surface area contributed by atoms with E-state index in [0.717, 1.165) is 24.1 Å². The van der Waals surface area contributed by atoms with Gasteiger partial charge in [-0.1, -0.05) is 12.1 Å². The van der Waals surface area contributed by atoms with E-state index in [-0.39, 0.29) is 11.9 Å². The molecule has 0 amide bonds. The Hall–Kier alpha value is -1.61. The Bertz CT molecular complexity index is 453. The average Bonchev–Trinajstić information content (AvgIpc) is 2.82. The molecule has 1 atom stereocenters. The van der Waals surface area contributed by atoms with Crippen LogP contribution in [0.25, 0.3) is 0 Å². The maximum Gasteiger partial charge on any atom is 0.123 e. The molecule has 0 saturated carbocycles. The Morgan fingerprint density at radius 1 is 1.35 bits per heavy atom. The normalized spacial score (nSPS) is 12.6. The highest BCUT2D eigenvalue weighted by molar-refractivity contribution is 5.17. The summed E-state index contributed by atoms with van der Waals surface area (Å²) in [5, 5.41) is 3.37. The number of hydrogen-bond acceptors (Lipinski definition) is 2. The monoisotopic (exact) mass is 233 g/mol. The maximum atomic E-state index is 12.9. The van der Waals surface area contributed by atoms with Gasteiger partial charge in [-0.15, -0.1) is 0 Å². The third-order valence-electron chi connectivity index (χ3n) is 2.80. The highest BCUT2D eigenvalue weighted by Crippen LogP contribution is 2.12. The van der Waals surface area contributed by atoms with E-state index < -0.39 is 0 Å². The molecule has 17 heavy (non-hydrogen) atoms. The smallest absolute Gasteiger partial charge is 0.123 e. The molecule has 0 aliphatic carbocycles. The van der Waals surface area contributed by atoms with Crippen molar-refractivity contribution in [3.05, 3.63) is 59.8 Å². The van der Waals surface area contributed by atoms with Crippen LogP contribution in [0.1, 0.15) is 24.1 Å². The molecule has 1 unspecified atom stereocenters. The molecule has 3 heteroatoms. The SMILES string of the molecule is CC(NCCc1cccc(F)c1)c1ccoc1. The van der Waals surface area contributed by atoms with Crippen molar-refractivity contribution in [2.24, 2.45) is 0 Å². The minimum atomic E-state index is -0.176. The zero-order valence-electron chi connectivity index (χ0n) is 9.82. The van der Waals surface area contributed by atoms with Crippen molar-refractivity contribution in [2.45, 2.75) is 19.4 Å². The molecule has 0 saturated heterocycles. The van der Waals surface area contributed by atoms with Gasteiger partial charge in [-0.3, -0.25) is 0 Å². The summed E-state index contributed by atoms with van der Waals surface area (Å²) < 4.78 is 18.0. The van der Waals surface area contributed by atoms with E-state index in [2.05, 4.69) is 12.2 Å². The number of hydrogen-bond donors (Lipinski definition) is 1. The lowest BCUT2D eigenvalue weighted by atomic mass is 10.1. The fourth-order valence-electron chi connectivity index (χ4n) is 1.76. The lowest BCUT2D eigenvalue weighted by molar-refractivity contribution is 0.539. The van der Waals surface area contributed by atoms with Crippen molar-refractivity contribution in [2.75, 3.05) is 6.54 Å². The molecule has 0 radical (unpaired) electrons. The van der Waals surface area contributed by atoms with Crippen LogP contribution in [0, 0.1) is 5.82 Å². The van der Waals surface area contributed by atoms with Crippen molar-refractivity contribution in [1.82, 2.24) is 5.32 Å². The Labute approximate surface area is 100 Å². The van der Waals surface area contributed by atoms with Crippen molar-refractivity contribution < 1.29 is 8.81 Å². The minimum Gasteiger partial charge on any atom is -0.472 e. The van der Waals surface area contributed by atoms with Crippen molar-refractivity contribution in [1.29, 1.82) is 0 Å². The standard InChI is InChI=1S/C14H16FNO/c1-11(13-6-8-17-10-13)16-7-5-12-3-2-4-14(15)9-12/h2-4,6,8-11,16H,5,7H2,1H3. The van der Waals surface area contributed by atoms with Gasteiger partial charge in [0, 0.05) is 11.6 Å². The Balaban J connectivity index is 1.80. The molecular weight excluding hydrogens is 217 g/mol. The van der Waals surface area contributed by atoms with Crippen LogP contribution in [0.3, 0.4) is 0 Å². The molecule has 90 valence electrons. The number of nitrogens with one attached hydrogen (secondary N) is 1. The Morgan fingerprint density at radius 2 is 2.24 bits per heavy atom. The zero-order chi connectivity index (χ0) is 12.1. The van der Waals surface area contributed by atoms with Gasteiger partial charge >= 0.3 is 0 Å². The molecule has 2 nitrogen and oxygen atoms in total. The van der Waals surface area contributed by atoms with Gasteiger partial charge < -0.3 is 9.73 Å². The number of rotatable bonds is 5. The Kier molecular flexibility index (Phi) is 3.94. The van der Waals surface area contributed by atoms with Gasteiger partial charge in [0.25, 0.3) is 0 Å². The van der Waals surface area contributed by atoms with E-state index in [9.17, 15) is 4.39 Å². The van der Waals surface area contributed by atoms with E-state index in [1.807, 2.05) is 12.1 Å². The van der Waals surface area contributed by atoms with Gasteiger partial charge in [0.15, 0.2) is 0 Å². The average molecular weight is 233 g/mol. The first-order valence-corrected chi connectivity index (χ1v) is 5.75. The van der Waals surface area contributed by atoms with Crippen LogP contribution in [0.15, 0.2) is 47.3 Å². The number of furan rings is 1. The Morgan fingerprint density at radius 3 is 2.94 bits per heavy atom. The molecule has 0 fully saturated rings. The molecule has 0 aliphatic heterocycles. The largest absolute Gasteiger partial charge is 0.472 e. The van der Waals surface area contributed by atoms with Crippen molar-refractivity contribution in [3.63, 3.8) is 0 Å². The van der Waals surface area contributed by atoms with Gasteiger partial charge in [-0.2, -0.15) is 0 Å². The van der Waals surface area contributed by atoms with Crippen molar-refractivity contribution >= 4 is 0 Å². The molecule has 1 heterocycles. The number of halogens is 1. The first-order valence-electron chi connectivity index (χ1n) is 5.75. The summed E-state index contributed by atoms with van der Waals surface area (Å²) in [5.41, 5.74) is 2.14. The summed E-state index contributed by atoms with van der Waals surface area (Å²) in [4.78, 5) is 0. The summed E-state index contributed by atoms with van der Waals surface area (Å²) in [7, 11) is 0. The summed E-state index contributed by atoms with van der Waals surface area (Å²) >= 11 is 0. The van der Waals surface area contributed by atoms with Crippen LogP contribution in [-0.2, 0) is 6.42 Å². The maximum absolute atomic E-state index is 12.9. The van der Waals surface area contributed by atoms with Gasteiger partial charge in [0.2, 0.25) is 0 Å². The van der Waals surface area contributed by atoms with Gasteiger partial charge in [0.1, 0.15) is 5.82 Å². The summed E-state index contributed by atoms with van der Waals surface area (Å²) in [6, 6.07) is 8.91. The van der Waals surface area contributed by atoms with Crippen LogP contribution < -0.4 is 5.32 Å². The van der Waals surface area contributed by atoms with Gasteiger partial charge in [-0.05, 0) is 43.7 Å². The van der Waals surface area contributed by atoms with Crippen LogP contribution in [0.2, 0.25) is 0 Å². The highest BCUT2D eigenvalue weighted by atomic mass is 19.1. The summed E-state index contributed by atoms with van der Waals surface area (Å²) in [6.07, 6.45) is 4.22. The lowest BCUT2D eigenvalue weighted by Crippen LogP contribution is -2.20. The third-order valence-corrected chi connectivity index (χ3v) is 2.80. The molecule has 0 spiro atoms. The molecule has 1 aromatic heterocycles. The molecule has 2 rings (SSSR count). The topological polar surface area (TPSA) is 25.2 Å². The first kappa shape index (κ1) is 11.9. The molecule has 2 aromatic rings. The van der Waals surface area contributed by atoms with E-state index >= 15 is 0 Å². The first-order chi connectivity index (χ1) is 8.25. The predicted molar refractivity (Wildman–Crippen MR) is 65.2 cm³/mol. The van der Waals surface area contributed by atoms with Crippen LogP contribution >= 0.6 is 0 Å². The summed E-state index contributed by atoms with van der Waals surface area (Å²) in [6.45, 7) is 2.90. The summed E-state index contributed by atoms with van der Waals surface area (Å²) in [5.74, 6) is -0.176. The van der Waals surface area contributed by atoms with Gasteiger partial charge in [0.05, 0.1) is 12.5 Å². The third kappa shape index (κ3) is 3.43. The fourth-order valence-corrected chi connectivity index (χ4v) is 1.76. The van der Waals surface area contributed by atoms with E-state index in [1.54, 1.807) is 24.7 Å². The van der Waals surface area contributed by atoms with Crippen LogP contribution in [0.5, 0.6) is 0 Å². The van der Waals surface area contributed by atoms with Gasteiger partial charge in [-0.25, -0.2) is 4.39 Å². The van der Waals surface area contributed by atoms with E-state index in [1.165, 1.54) is 6.07 Å². The highest BCUT2D eigenvalue weighted by Gasteiger charge is 2.05. The van der Waals surface area contributed by atoms with Crippen LogP contribution in [0.4, 0.5) is 4.39 Å². The second kappa shape index (κ2) is 5.64. The second-order valence-corrected chi connectivity index (χ2v) is 4.11. The quantitative estimate of drug-likeness (QED) is 0.857. The molecule has 0 bridgehead atoms. The lowest BCUT2D eigenvalue weighted by Gasteiger charge is -2.11. The predicted octanol–water partition coefficient (Wildman–Crippen LogP) is 3.31. The minimum absolute atomic E-state index is 0.176. The molecule has 0 aliphatic rings. The molecular formula is C14H16FNO. The molecule has 1 aromatic carbocycles. The number of benzene rings is 1. The van der Waals surface area contributed by atoms with E-state index in [4.69, 9.17) is 4.42 Å². The van der Waals surface area contributed by atoms with Crippen molar-refractivity contribution in [3.8, 4) is 0 Å². The zero-order valence-corrected chi connectivity index (χ0v) is 9.82. The van der Waals surface area contributed by atoms with Crippen LogP contribution in [-0.4, -0.2) is 6.54 Å². The second-order valence-electron chi connectivity index (χ2n) is 4.11. The molecule has 1 N–H and O–H groups in total.